The summed E-state index contributed by atoms with van der Waals surface area (Å²) >= 11 is 0. The molecule has 0 aliphatic carbocycles. The Labute approximate surface area is 123 Å². The zero-order valence-corrected chi connectivity index (χ0v) is 12.3. The second kappa shape index (κ2) is 6.87. The van der Waals surface area contributed by atoms with Gasteiger partial charge in [0, 0.05) is 12.2 Å². The van der Waals surface area contributed by atoms with Crippen LogP contribution >= 0.6 is 0 Å². The van der Waals surface area contributed by atoms with Crippen LogP contribution in [0.4, 0.5) is 14.9 Å². The number of anilines is 1. The van der Waals surface area contributed by atoms with Crippen molar-refractivity contribution in [3.05, 3.63) is 29.6 Å². The van der Waals surface area contributed by atoms with E-state index in [1.54, 1.807) is 17.0 Å². The van der Waals surface area contributed by atoms with Gasteiger partial charge in [0.05, 0.1) is 25.4 Å². The van der Waals surface area contributed by atoms with Gasteiger partial charge in [-0.15, -0.1) is 0 Å². The molecule has 0 unspecified atom stereocenters. The Morgan fingerprint density at radius 1 is 1.52 bits per heavy atom. The van der Waals surface area contributed by atoms with E-state index in [2.05, 4.69) is 5.32 Å². The number of amides is 2. The van der Waals surface area contributed by atoms with Crippen LogP contribution in [0, 0.1) is 5.82 Å². The topological polar surface area (TPSA) is 61.8 Å². The molecule has 2 rings (SSSR count). The van der Waals surface area contributed by atoms with Gasteiger partial charge < -0.3 is 20.1 Å². The number of benzene rings is 1. The summed E-state index contributed by atoms with van der Waals surface area (Å²) in [6.07, 6.45) is 0.0960. The third-order valence-corrected chi connectivity index (χ3v) is 3.50. The summed E-state index contributed by atoms with van der Waals surface area (Å²) in [4.78, 5) is 13.8. The summed E-state index contributed by atoms with van der Waals surface area (Å²) in [5.74, 6) is -0.320. The molecule has 2 amide bonds. The van der Waals surface area contributed by atoms with Crippen LogP contribution in [0.15, 0.2) is 18.2 Å². The lowest BCUT2D eigenvalue weighted by molar-refractivity contribution is -0.0822. The molecule has 0 saturated carbocycles. The smallest absolute Gasteiger partial charge is 0.322 e. The molecule has 116 valence electrons. The predicted octanol–water partition coefficient (Wildman–Crippen LogP) is 2.00. The average Bonchev–Trinajstić information content (AvgIpc) is 2.46. The maximum atomic E-state index is 13.7. The third kappa shape index (κ3) is 3.92. The maximum Gasteiger partial charge on any atom is 0.322 e. The van der Waals surface area contributed by atoms with Gasteiger partial charge in [-0.3, -0.25) is 0 Å². The summed E-state index contributed by atoms with van der Waals surface area (Å²) in [5.41, 5.74) is 1.04. The number of halogens is 1. The highest BCUT2D eigenvalue weighted by atomic mass is 19.1. The number of morpholine rings is 1. The zero-order valence-electron chi connectivity index (χ0n) is 12.3. The lowest BCUT2D eigenvalue weighted by Gasteiger charge is -2.36. The molecule has 1 aromatic carbocycles. The fourth-order valence-electron chi connectivity index (χ4n) is 2.43. The summed E-state index contributed by atoms with van der Waals surface area (Å²) in [6, 6.07) is 4.37. The van der Waals surface area contributed by atoms with Gasteiger partial charge in [-0.05, 0) is 31.0 Å². The molecule has 1 aliphatic heterocycles. The van der Waals surface area contributed by atoms with Crippen molar-refractivity contribution in [1.82, 2.24) is 4.90 Å². The molecule has 5 nitrogen and oxygen atoms in total. The molecular weight excluding hydrogens is 275 g/mol. The predicted molar refractivity (Wildman–Crippen MR) is 77.8 cm³/mol. The summed E-state index contributed by atoms with van der Waals surface area (Å²) in [6.45, 7) is 4.35. The number of aliphatic hydroxyl groups is 1. The fraction of sp³-hybridized carbons (Fsp3) is 0.533. The van der Waals surface area contributed by atoms with Crippen LogP contribution in [0.1, 0.15) is 19.4 Å². The van der Waals surface area contributed by atoms with Crippen LogP contribution in [0.3, 0.4) is 0 Å². The van der Waals surface area contributed by atoms with Gasteiger partial charge in [-0.1, -0.05) is 13.0 Å². The van der Waals surface area contributed by atoms with Gasteiger partial charge in [0.15, 0.2) is 0 Å². The molecule has 2 atom stereocenters. The van der Waals surface area contributed by atoms with Crippen molar-refractivity contribution in [1.29, 1.82) is 0 Å². The first-order valence-corrected chi connectivity index (χ1v) is 7.14. The van der Waals surface area contributed by atoms with E-state index in [4.69, 9.17) is 9.84 Å². The Hall–Kier alpha value is -1.66. The van der Waals surface area contributed by atoms with Crippen molar-refractivity contribution in [2.45, 2.75) is 32.5 Å². The Morgan fingerprint density at radius 2 is 2.29 bits per heavy atom. The van der Waals surface area contributed by atoms with Gasteiger partial charge in [0.1, 0.15) is 5.82 Å². The molecule has 1 aromatic rings. The molecule has 1 aliphatic rings. The number of ether oxygens (including phenoxy) is 1. The number of aryl methyl sites for hydroxylation is 1. The number of rotatable bonds is 3. The zero-order chi connectivity index (χ0) is 15.4. The molecule has 21 heavy (non-hydrogen) atoms. The van der Waals surface area contributed by atoms with Crippen LogP contribution in [0.5, 0.6) is 0 Å². The van der Waals surface area contributed by atoms with Crippen LogP contribution in [-0.2, 0) is 11.2 Å². The van der Waals surface area contributed by atoms with Gasteiger partial charge in [0.25, 0.3) is 0 Å². The number of nitrogens with one attached hydrogen (secondary N) is 1. The van der Waals surface area contributed by atoms with E-state index in [0.717, 1.165) is 0 Å². The van der Waals surface area contributed by atoms with Crippen LogP contribution in [-0.4, -0.2) is 47.9 Å². The van der Waals surface area contributed by atoms with E-state index in [1.165, 1.54) is 6.07 Å². The highest BCUT2D eigenvalue weighted by molar-refractivity contribution is 5.89. The van der Waals surface area contributed by atoms with E-state index >= 15 is 0 Å². The molecule has 0 spiro atoms. The quantitative estimate of drug-likeness (QED) is 0.897. The van der Waals surface area contributed by atoms with Crippen molar-refractivity contribution < 1.29 is 19.0 Å². The maximum absolute atomic E-state index is 13.7. The largest absolute Gasteiger partial charge is 0.394 e. The van der Waals surface area contributed by atoms with Crippen LogP contribution in [0.2, 0.25) is 0 Å². The minimum Gasteiger partial charge on any atom is -0.394 e. The molecule has 0 bridgehead atoms. The lowest BCUT2D eigenvalue weighted by Crippen LogP contribution is -2.51. The van der Waals surface area contributed by atoms with Crippen molar-refractivity contribution in [2.75, 3.05) is 25.0 Å². The number of hydrogen-bond acceptors (Lipinski definition) is 3. The standard InChI is InChI=1S/C15H21FN2O3/c1-3-11-4-5-12(6-14(11)16)17-15(20)18-7-10(2)21-13(8-18)9-19/h4-6,10,13,19H,3,7-9H2,1-2H3,(H,17,20)/t10-,13-/m0/s1. The highest BCUT2D eigenvalue weighted by Gasteiger charge is 2.28. The van der Waals surface area contributed by atoms with Gasteiger partial charge in [-0.2, -0.15) is 0 Å². The molecule has 1 fully saturated rings. The number of carbonyl (C=O) groups is 1. The molecule has 2 N–H and O–H groups in total. The summed E-state index contributed by atoms with van der Waals surface area (Å²) in [5, 5.41) is 11.8. The molecular formula is C15H21FN2O3. The first-order chi connectivity index (χ1) is 10.0. The van der Waals surface area contributed by atoms with Crippen molar-refractivity contribution in [3.63, 3.8) is 0 Å². The first-order valence-electron chi connectivity index (χ1n) is 7.14. The van der Waals surface area contributed by atoms with Gasteiger partial charge in [0.2, 0.25) is 0 Å². The number of urea groups is 1. The van der Waals surface area contributed by atoms with Crippen LogP contribution in [0.25, 0.3) is 0 Å². The van der Waals surface area contributed by atoms with E-state index in [-0.39, 0.29) is 30.7 Å². The minimum atomic E-state index is -0.376. The van der Waals surface area contributed by atoms with E-state index in [0.29, 0.717) is 30.8 Å². The SMILES string of the molecule is CCc1ccc(NC(=O)N2C[C@@H](CO)O[C@@H](C)C2)cc1F. The molecule has 1 saturated heterocycles. The minimum absolute atomic E-state index is 0.131. The Kier molecular flexibility index (Phi) is 5.14. The monoisotopic (exact) mass is 296 g/mol. The average molecular weight is 296 g/mol. The normalized spacial score (nSPS) is 22.2. The Balaban J connectivity index is 2.02. The third-order valence-electron chi connectivity index (χ3n) is 3.50. The first kappa shape index (κ1) is 15.7. The van der Waals surface area contributed by atoms with Crippen LogP contribution < -0.4 is 5.32 Å². The second-order valence-electron chi connectivity index (χ2n) is 5.25. The van der Waals surface area contributed by atoms with Gasteiger partial charge >= 0.3 is 6.03 Å². The molecule has 1 heterocycles. The Bertz CT molecular complexity index is 510. The fourth-order valence-corrected chi connectivity index (χ4v) is 2.43. The van der Waals surface area contributed by atoms with E-state index in [1.807, 2.05) is 13.8 Å². The van der Waals surface area contributed by atoms with E-state index < -0.39 is 0 Å². The number of carbonyl (C=O) groups excluding carboxylic acids is 1. The van der Waals surface area contributed by atoms with Crippen molar-refractivity contribution in [2.24, 2.45) is 0 Å². The summed E-state index contributed by atoms with van der Waals surface area (Å²) in [7, 11) is 0. The molecule has 0 radical (unpaired) electrons. The van der Waals surface area contributed by atoms with Crippen molar-refractivity contribution in [3.8, 4) is 0 Å². The van der Waals surface area contributed by atoms with E-state index in [9.17, 15) is 9.18 Å². The number of hydrogen-bond donors (Lipinski definition) is 2. The lowest BCUT2D eigenvalue weighted by atomic mass is 10.1. The summed E-state index contributed by atoms with van der Waals surface area (Å²) < 4.78 is 19.2. The molecule has 6 heteroatoms. The number of nitrogens with zero attached hydrogens (tertiary/aromatic N) is 1. The Morgan fingerprint density at radius 3 is 2.90 bits per heavy atom. The number of aliphatic hydroxyl groups excluding tert-OH is 1. The van der Waals surface area contributed by atoms with Gasteiger partial charge in [-0.25, -0.2) is 9.18 Å². The second-order valence-corrected chi connectivity index (χ2v) is 5.25. The highest BCUT2D eigenvalue weighted by Crippen LogP contribution is 2.17. The van der Waals surface area contributed by atoms with Crippen molar-refractivity contribution >= 4 is 11.7 Å². The molecule has 0 aromatic heterocycles.